The van der Waals surface area contributed by atoms with Crippen molar-refractivity contribution in [2.75, 3.05) is 20.1 Å². The average molecular weight is 290 g/mol. The molecule has 1 heterocycles. The molecule has 0 atom stereocenters. The number of hydrogen-bond acceptors (Lipinski definition) is 1. The number of benzene rings is 1. The van der Waals surface area contributed by atoms with Crippen LogP contribution in [0.4, 0.5) is 0 Å². The molecule has 0 bridgehead atoms. The van der Waals surface area contributed by atoms with Gasteiger partial charge in [0.2, 0.25) is 0 Å². The Morgan fingerprint density at radius 3 is 2.50 bits per heavy atom. The van der Waals surface area contributed by atoms with Gasteiger partial charge in [-0.3, -0.25) is 0 Å². The summed E-state index contributed by atoms with van der Waals surface area (Å²) in [6.07, 6.45) is 3.64. The van der Waals surface area contributed by atoms with Crippen molar-refractivity contribution < 1.29 is 32.7 Å². The van der Waals surface area contributed by atoms with E-state index in [-0.39, 0.29) is 32.7 Å². The molecule has 0 aromatic heterocycles. The van der Waals surface area contributed by atoms with E-state index in [0.717, 1.165) is 6.42 Å². The second-order valence-corrected chi connectivity index (χ2v) is 4.50. The average Bonchev–Trinajstić information content (AvgIpc) is 2.25. The summed E-state index contributed by atoms with van der Waals surface area (Å²) in [4.78, 5) is 2.40. The summed E-state index contributed by atoms with van der Waals surface area (Å²) in [5.74, 6) is 1.68. The molecule has 1 radical (unpaired) electrons. The van der Waals surface area contributed by atoms with Gasteiger partial charge in [0.05, 0.1) is 0 Å². The van der Waals surface area contributed by atoms with Gasteiger partial charge in [-0.1, -0.05) is 6.07 Å². The Labute approximate surface area is 124 Å². The zero-order valence-electron chi connectivity index (χ0n) is 10.1. The molecule has 2 rings (SSSR count). The van der Waals surface area contributed by atoms with Crippen molar-refractivity contribution in [1.82, 2.24) is 4.90 Å². The van der Waals surface area contributed by atoms with Crippen LogP contribution in [0, 0.1) is 12.8 Å². The van der Waals surface area contributed by atoms with E-state index in [0.29, 0.717) is 0 Å². The standard InChI is InChI=1S/C14H19N.Y/c1-12-5-3-4-6-14(12)11-13-7-9-15(2)10-8-13;/h3-6H,1,7-11H2,2H3;/q-2;. The molecule has 0 aliphatic carbocycles. The molecule has 2 heteroatoms. The molecule has 0 saturated carbocycles. The zero-order chi connectivity index (χ0) is 10.7. The normalized spacial score (nSPS) is 18.1. The van der Waals surface area contributed by atoms with Crippen LogP contribution in [0.5, 0.6) is 0 Å². The van der Waals surface area contributed by atoms with E-state index in [4.69, 9.17) is 0 Å². The summed E-state index contributed by atoms with van der Waals surface area (Å²) in [5.41, 5.74) is 2.58. The summed E-state index contributed by atoms with van der Waals surface area (Å²) in [6.45, 7) is 6.51. The predicted molar refractivity (Wildman–Crippen MR) is 64.6 cm³/mol. The SMILES string of the molecule is [CH2-]c1ccccc1C[C-]1CCN(C)CC1.[Y]. The van der Waals surface area contributed by atoms with Crippen LogP contribution < -0.4 is 0 Å². The molecule has 1 nitrogen and oxygen atoms in total. The first kappa shape index (κ1) is 14.2. The summed E-state index contributed by atoms with van der Waals surface area (Å²) in [6, 6.07) is 8.48. The van der Waals surface area contributed by atoms with Crippen molar-refractivity contribution in [1.29, 1.82) is 0 Å². The maximum absolute atomic E-state index is 4.08. The van der Waals surface area contributed by atoms with Crippen LogP contribution in [0.2, 0.25) is 0 Å². The minimum atomic E-state index is 0. The topological polar surface area (TPSA) is 3.24 Å². The molecule has 1 fully saturated rings. The maximum Gasteiger partial charge on any atom is 0 e. The Morgan fingerprint density at radius 2 is 1.88 bits per heavy atom. The number of likely N-dealkylation sites (tertiary alicyclic amines) is 1. The van der Waals surface area contributed by atoms with Gasteiger partial charge < -0.3 is 10.8 Å². The number of piperidine rings is 1. The first-order valence-electron chi connectivity index (χ1n) is 5.67. The molecule has 0 amide bonds. The third-order valence-electron chi connectivity index (χ3n) is 3.25. The van der Waals surface area contributed by atoms with E-state index >= 15 is 0 Å². The Morgan fingerprint density at radius 1 is 1.25 bits per heavy atom. The molecule has 16 heavy (non-hydrogen) atoms. The second-order valence-electron chi connectivity index (χ2n) is 4.50. The number of hydrogen-bond donors (Lipinski definition) is 0. The Bertz CT molecular complexity index is 316. The summed E-state index contributed by atoms with van der Waals surface area (Å²) < 4.78 is 0. The van der Waals surface area contributed by atoms with E-state index in [2.05, 4.69) is 43.1 Å². The fraction of sp³-hybridized carbons (Fsp3) is 0.429. The van der Waals surface area contributed by atoms with E-state index < -0.39 is 0 Å². The maximum atomic E-state index is 4.08. The van der Waals surface area contributed by atoms with Crippen LogP contribution in [0.3, 0.4) is 0 Å². The molecule has 1 aliphatic rings. The quantitative estimate of drug-likeness (QED) is 0.757. The Balaban J connectivity index is 0.00000128. The van der Waals surface area contributed by atoms with Crippen LogP contribution in [0.15, 0.2) is 24.3 Å². The van der Waals surface area contributed by atoms with E-state index in [1.54, 1.807) is 5.92 Å². The van der Waals surface area contributed by atoms with Gasteiger partial charge in [-0.2, -0.15) is 43.4 Å². The fourth-order valence-electron chi connectivity index (χ4n) is 2.11. The first-order chi connectivity index (χ1) is 7.25. The molecule has 0 N–H and O–H groups in total. The van der Waals surface area contributed by atoms with E-state index in [1.807, 2.05) is 0 Å². The Hall–Kier alpha value is 0.154. The summed E-state index contributed by atoms with van der Waals surface area (Å²) in [7, 11) is 2.20. The van der Waals surface area contributed by atoms with Gasteiger partial charge in [-0.15, -0.1) is 12.1 Å². The molecular weight excluding hydrogens is 271 g/mol. The zero-order valence-corrected chi connectivity index (χ0v) is 12.9. The minimum absolute atomic E-state index is 0. The van der Waals surface area contributed by atoms with Crippen LogP contribution in [0.25, 0.3) is 0 Å². The van der Waals surface area contributed by atoms with Crippen molar-refractivity contribution in [3.8, 4) is 0 Å². The molecule has 1 aromatic rings. The van der Waals surface area contributed by atoms with Crippen molar-refractivity contribution in [2.45, 2.75) is 19.3 Å². The summed E-state index contributed by atoms with van der Waals surface area (Å²) in [5, 5.41) is 0. The van der Waals surface area contributed by atoms with Crippen molar-refractivity contribution in [3.63, 3.8) is 0 Å². The predicted octanol–water partition coefficient (Wildman–Crippen LogP) is 2.71. The Kier molecular flexibility index (Phi) is 6.03. The van der Waals surface area contributed by atoms with Gasteiger partial charge in [0.25, 0.3) is 0 Å². The molecule has 0 spiro atoms. The van der Waals surface area contributed by atoms with Crippen molar-refractivity contribution in [3.05, 3.63) is 48.2 Å². The van der Waals surface area contributed by atoms with Crippen LogP contribution in [-0.4, -0.2) is 25.0 Å². The van der Waals surface area contributed by atoms with Gasteiger partial charge in [-0.25, -0.2) is 0 Å². The molecule has 1 aromatic carbocycles. The molecular formula is C14H19NY-2. The van der Waals surface area contributed by atoms with Gasteiger partial charge in [0.15, 0.2) is 0 Å². The van der Waals surface area contributed by atoms with Gasteiger partial charge in [-0.05, 0) is 20.1 Å². The van der Waals surface area contributed by atoms with Crippen LogP contribution >= 0.6 is 0 Å². The smallest absolute Gasteiger partial charge is 0 e. The third-order valence-corrected chi connectivity index (χ3v) is 3.25. The van der Waals surface area contributed by atoms with E-state index in [9.17, 15) is 0 Å². The number of rotatable bonds is 2. The summed E-state index contributed by atoms with van der Waals surface area (Å²) >= 11 is 0. The molecule has 0 unspecified atom stereocenters. The second kappa shape index (κ2) is 6.78. The molecule has 1 saturated heterocycles. The van der Waals surface area contributed by atoms with Gasteiger partial charge in [0.1, 0.15) is 0 Å². The third kappa shape index (κ3) is 3.87. The number of nitrogens with zero attached hydrogens (tertiary/aromatic N) is 1. The fourth-order valence-corrected chi connectivity index (χ4v) is 2.11. The van der Waals surface area contributed by atoms with Gasteiger partial charge >= 0.3 is 0 Å². The van der Waals surface area contributed by atoms with Crippen molar-refractivity contribution in [2.24, 2.45) is 0 Å². The van der Waals surface area contributed by atoms with Crippen LogP contribution in [0.1, 0.15) is 24.0 Å². The van der Waals surface area contributed by atoms with Gasteiger partial charge in [0, 0.05) is 32.7 Å². The van der Waals surface area contributed by atoms with Crippen LogP contribution in [-0.2, 0) is 39.1 Å². The first-order valence-corrected chi connectivity index (χ1v) is 5.67. The largest absolute Gasteiger partial charge is 0.318 e. The minimum Gasteiger partial charge on any atom is -0.318 e. The monoisotopic (exact) mass is 290 g/mol. The van der Waals surface area contributed by atoms with E-state index in [1.165, 1.54) is 37.1 Å². The molecule has 1 aliphatic heterocycles. The molecule has 85 valence electrons. The van der Waals surface area contributed by atoms with Crippen molar-refractivity contribution >= 4 is 0 Å².